The number of thiophene rings is 1. The molecular weight excluding hydrogens is 632 g/mol. The molecule has 3 saturated heterocycles. The molecule has 3 aliphatic heterocycles. The molecule has 0 spiro atoms. The summed E-state index contributed by atoms with van der Waals surface area (Å²) in [6.07, 6.45) is 6.91. The quantitative estimate of drug-likeness (QED) is 0.180. The summed E-state index contributed by atoms with van der Waals surface area (Å²) in [7, 11) is -3.89. The normalized spacial score (nSPS) is 22.9. The number of aryl methyl sites for hydroxylation is 1. The van der Waals surface area contributed by atoms with Gasteiger partial charge in [0.2, 0.25) is 0 Å². The second kappa shape index (κ2) is 11.7. The average Bonchev–Trinajstić information content (AvgIpc) is 3.75. The smallest absolute Gasteiger partial charge is 0.284 e. The zero-order chi connectivity index (χ0) is 28.8. The number of ether oxygens (including phenoxy) is 1. The van der Waals surface area contributed by atoms with Crippen molar-refractivity contribution in [3.63, 3.8) is 0 Å². The predicted molar refractivity (Wildman–Crippen MR) is 173 cm³/mol. The third kappa shape index (κ3) is 5.23. The number of fused-ring (bicyclic) bond motifs is 3. The monoisotopic (exact) mass is 668 g/mol. The van der Waals surface area contributed by atoms with E-state index >= 15 is 0 Å². The van der Waals surface area contributed by atoms with Gasteiger partial charge >= 0.3 is 0 Å². The lowest BCUT2D eigenvalue weighted by Crippen LogP contribution is -2.44. The second-order valence-electron chi connectivity index (χ2n) is 12.0. The molecule has 5 heterocycles. The van der Waals surface area contributed by atoms with Gasteiger partial charge in [0.1, 0.15) is 4.83 Å². The largest absolute Gasteiger partial charge is 0.380 e. The van der Waals surface area contributed by atoms with Gasteiger partial charge in [-0.15, -0.1) is 20.5 Å². The molecule has 42 heavy (non-hydrogen) atoms. The van der Waals surface area contributed by atoms with Crippen LogP contribution in [0.3, 0.4) is 0 Å². The maximum Gasteiger partial charge on any atom is 0.284 e. The summed E-state index contributed by atoms with van der Waals surface area (Å²) in [6.45, 7) is 7.01. The van der Waals surface area contributed by atoms with Crippen molar-refractivity contribution in [3.8, 4) is 11.1 Å². The van der Waals surface area contributed by atoms with Gasteiger partial charge in [-0.3, -0.25) is 0 Å². The number of aromatic nitrogens is 2. The minimum absolute atomic E-state index is 0.252. The summed E-state index contributed by atoms with van der Waals surface area (Å²) in [5, 5.41) is 5.89. The number of nitrogens with zero attached hydrogens (tertiary/aromatic N) is 4. The van der Waals surface area contributed by atoms with Crippen LogP contribution in [-0.4, -0.2) is 67.4 Å². The lowest BCUT2D eigenvalue weighted by atomic mass is 9.91. The van der Waals surface area contributed by atoms with Crippen molar-refractivity contribution in [3.05, 3.63) is 63.9 Å². The summed E-state index contributed by atoms with van der Waals surface area (Å²) >= 11 is 5.25. The van der Waals surface area contributed by atoms with E-state index in [4.69, 9.17) is 9.84 Å². The van der Waals surface area contributed by atoms with Crippen LogP contribution in [0.4, 0.5) is 5.82 Å². The Balaban J connectivity index is 1.23. The van der Waals surface area contributed by atoms with Gasteiger partial charge in [0.05, 0.1) is 20.7 Å². The molecule has 3 aliphatic rings. The van der Waals surface area contributed by atoms with Gasteiger partial charge in [-0.25, -0.2) is 0 Å². The van der Waals surface area contributed by atoms with Crippen LogP contribution in [0.1, 0.15) is 44.1 Å². The molecule has 2 aromatic carbocycles. The van der Waals surface area contributed by atoms with E-state index in [0.29, 0.717) is 22.8 Å². The molecule has 7 nitrogen and oxygen atoms in total. The minimum atomic E-state index is -3.89. The Labute approximate surface area is 260 Å². The van der Waals surface area contributed by atoms with Gasteiger partial charge in [-0.2, -0.15) is 8.42 Å². The molecule has 2 atom stereocenters. The SMILES string of the molecule is Cc1ccc(S(=O)(=O)n2nc(N3C4CCC3CC(COCCN3CCCC3)C4)c3c(-c4ccccc4)c(Br)sc32)cc1. The molecule has 4 aromatic rings. The second-order valence-corrected chi connectivity index (χ2v) is 16.1. The topological polar surface area (TPSA) is 67.7 Å². The molecule has 0 radical (unpaired) electrons. The molecule has 2 unspecified atom stereocenters. The van der Waals surface area contributed by atoms with Crippen molar-refractivity contribution in [2.75, 3.05) is 37.7 Å². The predicted octanol–water partition coefficient (Wildman–Crippen LogP) is 6.93. The Hall–Kier alpha value is -2.24. The number of benzene rings is 2. The Morgan fingerprint density at radius 1 is 1.00 bits per heavy atom. The van der Waals surface area contributed by atoms with Crippen molar-refractivity contribution in [1.29, 1.82) is 0 Å². The van der Waals surface area contributed by atoms with Crippen LogP contribution in [0, 0.1) is 12.8 Å². The van der Waals surface area contributed by atoms with Crippen molar-refractivity contribution in [1.82, 2.24) is 14.1 Å². The number of rotatable bonds is 9. The molecule has 0 amide bonds. The average molecular weight is 670 g/mol. The van der Waals surface area contributed by atoms with Crippen LogP contribution in [0.5, 0.6) is 0 Å². The van der Waals surface area contributed by atoms with Crippen LogP contribution >= 0.6 is 27.3 Å². The third-order valence-electron chi connectivity index (χ3n) is 9.22. The van der Waals surface area contributed by atoms with Crippen LogP contribution < -0.4 is 4.90 Å². The van der Waals surface area contributed by atoms with E-state index in [0.717, 1.165) is 77.1 Å². The molecule has 0 N–H and O–H groups in total. The molecule has 2 aromatic heterocycles. The number of piperidine rings is 1. The lowest BCUT2D eigenvalue weighted by molar-refractivity contribution is 0.0700. The van der Waals surface area contributed by atoms with Gasteiger partial charge in [0, 0.05) is 30.8 Å². The Morgan fingerprint density at radius 3 is 2.38 bits per heavy atom. The highest BCUT2D eigenvalue weighted by Crippen LogP contribution is 2.50. The summed E-state index contributed by atoms with van der Waals surface area (Å²) in [4.78, 5) is 5.86. The number of halogens is 1. The molecule has 222 valence electrons. The molecule has 7 rings (SSSR count). The summed E-state index contributed by atoms with van der Waals surface area (Å²) in [5.41, 5.74) is 3.09. The van der Waals surface area contributed by atoms with Crippen LogP contribution in [-0.2, 0) is 14.8 Å². The number of hydrogen-bond donors (Lipinski definition) is 0. The van der Waals surface area contributed by atoms with Gasteiger partial charge in [0.15, 0.2) is 5.82 Å². The van der Waals surface area contributed by atoms with Gasteiger partial charge < -0.3 is 14.5 Å². The Kier molecular flexibility index (Phi) is 7.94. The van der Waals surface area contributed by atoms with Crippen molar-refractivity contribution in [2.24, 2.45) is 5.92 Å². The minimum Gasteiger partial charge on any atom is -0.380 e. The van der Waals surface area contributed by atoms with Gasteiger partial charge in [0.25, 0.3) is 10.0 Å². The highest BCUT2D eigenvalue weighted by molar-refractivity contribution is 9.11. The number of hydrogen-bond acceptors (Lipinski definition) is 7. The molecule has 10 heteroatoms. The summed E-state index contributed by atoms with van der Waals surface area (Å²) in [6, 6.07) is 17.9. The van der Waals surface area contributed by atoms with Crippen LogP contribution in [0.2, 0.25) is 0 Å². The maximum absolute atomic E-state index is 14.0. The fraction of sp³-hybridized carbons (Fsp3) is 0.469. The highest BCUT2D eigenvalue weighted by atomic mass is 79.9. The Morgan fingerprint density at radius 2 is 1.69 bits per heavy atom. The van der Waals surface area contributed by atoms with Crippen LogP contribution in [0.25, 0.3) is 21.3 Å². The highest BCUT2D eigenvalue weighted by Gasteiger charge is 2.44. The number of anilines is 1. The first kappa shape index (κ1) is 28.5. The van der Waals surface area contributed by atoms with E-state index in [9.17, 15) is 8.42 Å². The van der Waals surface area contributed by atoms with Crippen molar-refractivity contribution < 1.29 is 13.2 Å². The van der Waals surface area contributed by atoms with E-state index in [1.807, 2.05) is 37.3 Å². The lowest BCUT2D eigenvalue weighted by Gasteiger charge is -2.39. The van der Waals surface area contributed by atoms with E-state index in [-0.39, 0.29) is 4.90 Å². The first-order valence-electron chi connectivity index (χ1n) is 15.1. The Bertz CT molecular complexity index is 1650. The standard InChI is InChI=1S/C32H37BrN4O3S2/c1-22-9-13-27(14-10-22)42(38,39)37-32-29(28(30(33)41-32)24-7-3-2-4-8-24)31(34-37)36-25-11-12-26(36)20-23(19-25)21-40-18-17-35-15-5-6-16-35/h2-4,7-10,13-14,23,25-26H,5-6,11-12,15-21H2,1H3. The first-order chi connectivity index (χ1) is 20.4. The molecular formula is C32H37BrN4O3S2. The maximum atomic E-state index is 14.0. The zero-order valence-electron chi connectivity index (χ0n) is 23.9. The van der Waals surface area contributed by atoms with E-state index in [2.05, 4.69) is 37.9 Å². The van der Waals surface area contributed by atoms with E-state index < -0.39 is 10.0 Å². The summed E-state index contributed by atoms with van der Waals surface area (Å²) < 4.78 is 36.5. The summed E-state index contributed by atoms with van der Waals surface area (Å²) in [5.74, 6) is 1.32. The van der Waals surface area contributed by atoms with E-state index in [1.54, 1.807) is 12.1 Å². The van der Waals surface area contributed by atoms with Gasteiger partial charge in [-0.05, 0) is 98.1 Å². The molecule has 0 aliphatic carbocycles. The fourth-order valence-electron chi connectivity index (χ4n) is 7.15. The molecule has 0 saturated carbocycles. The van der Waals surface area contributed by atoms with Crippen LogP contribution in [0.15, 0.2) is 63.3 Å². The van der Waals surface area contributed by atoms with Crippen molar-refractivity contribution in [2.45, 2.75) is 62.4 Å². The number of likely N-dealkylation sites (tertiary alicyclic amines) is 1. The first-order valence-corrected chi connectivity index (χ1v) is 18.1. The van der Waals surface area contributed by atoms with Gasteiger partial charge in [-0.1, -0.05) is 48.0 Å². The van der Waals surface area contributed by atoms with Crippen molar-refractivity contribution >= 4 is 53.3 Å². The zero-order valence-corrected chi connectivity index (χ0v) is 27.1. The van der Waals surface area contributed by atoms with E-state index in [1.165, 1.54) is 41.4 Å². The third-order valence-corrected chi connectivity index (χ3v) is 12.8. The molecule has 3 fully saturated rings. The molecule has 2 bridgehead atoms. The fourth-order valence-corrected chi connectivity index (χ4v) is 10.5.